The van der Waals surface area contributed by atoms with Crippen molar-refractivity contribution < 1.29 is 4.74 Å². The van der Waals surface area contributed by atoms with Crippen molar-refractivity contribution in [3.05, 3.63) is 46.6 Å². The predicted octanol–water partition coefficient (Wildman–Crippen LogP) is 4.02. The fourth-order valence-corrected chi connectivity index (χ4v) is 2.52. The lowest BCUT2D eigenvalue weighted by Gasteiger charge is -2.08. The molecule has 0 radical (unpaired) electrons. The van der Waals surface area contributed by atoms with E-state index in [0.717, 1.165) is 26.7 Å². The average Bonchev–Trinajstić information content (AvgIpc) is 2.65. The topological polar surface area (TPSA) is 53.1 Å². The Hall–Kier alpha value is -2.01. The number of fused-ring (bicyclic) bond motifs is 1. The Labute approximate surface area is 125 Å². The first kappa shape index (κ1) is 13.0. The zero-order chi connectivity index (χ0) is 14.3. The summed E-state index contributed by atoms with van der Waals surface area (Å²) in [5, 5.41) is 6.51. The molecule has 3 aromatic rings. The number of anilines is 1. The summed E-state index contributed by atoms with van der Waals surface area (Å²) in [6.45, 7) is 1.86. The number of halogens is 1. The molecule has 3 rings (SSSR count). The van der Waals surface area contributed by atoms with E-state index in [1.165, 1.54) is 0 Å². The molecule has 0 spiro atoms. The van der Waals surface area contributed by atoms with Crippen LogP contribution < -0.4 is 10.5 Å². The van der Waals surface area contributed by atoms with Crippen LogP contribution in [0.4, 0.5) is 5.69 Å². The predicted molar refractivity (Wildman–Crippen MR) is 84.1 cm³/mol. The molecule has 0 unspecified atom stereocenters. The van der Waals surface area contributed by atoms with Gasteiger partial charge in [-0.2, -0.15) is 5.10 Å². The third-order valence-corrected chi connectivity index (χ3v) is 3.70. The quantitative estimate of drug-likeness (QED) is 0.771. The lowest BCUT2D eigenvalue weighted by molar-refractivity contribution is 0.433. The molecule has 0 aliphatic carbocycles. The molecule has 5 heteroatoms. The first-order valence-electron chi connectivity index (χ1n) is 6.21. The molecule has 20 heavy (non-hydrogen) atoms. The Kier molecular flexibility index (Phi) is 3.14. The third-order valence-electron chi connectivity index (χ3n) is 3.20. The number of nitrogens with two attached hydrogens (primary N) is 1. The van der Waals surface area contributed by atoms with Crippen molar-refractivity contribution in [1.82, 2.24) is 9.78 Å². The Balaban J connectivity index is 2.00. The normalized spacial score (nSPS) is 10.9. The van der Waals surface area contributed by atoms with Gasteiger partial charge >= 0.3 is 0 Å². The van der Waals surface area contributed by atoms with Crippen LogP contribution in [0.3, 0.4) is 0 Å². The highest BCUT2D eigenvalue weighted by molar-refractivity contribution is 9.10. The number of nitrogens with zero attached hydrogens (tertiary/aromatic N) is 2. The molecule has 0 amide bonds. The molecule has 4 nitrogen and oxygen atoms in total. The number of hydrogen-bond acceptors (Lipinski definition) is 3. The lowest BCUT2D eigenvalue weighted by Crippen LogP contribution is -1.97. The van der Waals surface area contributed by atoms with E-state index in [-0.39, 0.29) is 0 Å². The number of aryl methyl sites for hydroxylation is 2. The number of aromatic nitrogens is 2. The van der Waals surface area contributed by atoms with Crippen molar-refractivity contribution >= 4 is 32.4 Å². The Morgan fingerprint density at radius 1 is 1.15 bits per heavy atom. The third kappa shape index (κ3) is 2.25. The Morgan fingerprint density at radius 2 is 1.85 bits per heavy atom. The molecule has 1 heterocycles. The molecular formula is C15H14BrN3O. The maximum Gasteiger partial charge on any atom is 0.241 e. The van der Waals surface area contributed by atoms with Crippen LogP contribution in [0.15, 0.2) is 40.9 Å². The Morgan fingerprint density at radius 3 is 2.55 bits per heavy atom. The van der Waals surface area contributed by atoms with Crippen LogP contribution in [0.1, 0.15) is 5.69 Å². The van der Waals surface area contributed by atoms with E-state index >= 15 is 0 Å². The van der Waals surface area contributed by atoms with Gasteiger partial charge in [0, 0.05) is 11.5 Å². The number of hydrogen-bond donors (Lipinski definition) is 1. The van der Waals surface area contributed by atoms with Gasteiger partial charge in [0.2, 0.25) is 5.88 Å². The van der Waals surface area contributed by atoms with Crippen molar-refractivity contribution in [2.45, 2.75) is 6.92 Å². The highest BCUT2D eigenvalue weighted by atomic mass is 79.9. The van der Waals surface area contributed by atoms with Crippen molar-refractivity contribution in [2.75, 3.05) is 5.73 Å². The molecule has 0 saturated heterocycles. The summed E-state index contributed by atoms with van der Waals surface area (Å²) < 4.78 is 8.57. The maximum absolute atomic E-state index is 5.97. The van der Waals surface area contributed by atoms with Gasteiger partial charge in [-0.25, -0.2) is 4.68 Å². The van der Waals surface area contributed by atoms with E-state index in [0.29, 0.717) is 11.6 Å². The van der Waals surface area contributed by atoms with E-state index in [4.69, 9.17) is 10.5 Å². The molecule has 0 aliphatic rings. The molecule has 0 fully saturated rings. The minimum absolute atomic E-state index is 0.568. The van der Waals surface area contributed by atoms with Gasteiger partial charge in [-0.05, 0) is 42.0 Å². The first-order chi connectivity index (χ1) is 9.54. The largest absolute Gasteiger partial charge is 0.437 e. The number of nitrogen functional groups attached to an aromatic ring is 1. The second-order valence-electron chi connectivity index (χ2n) is 4.68. The number of rotatable bonds is 2. The SMILES string of the molecule is Cc1nn(C)c(Oc2ccc3cc(Br)ccc3c2)c1N. The summed E-state index contributed by atoms with van der Waals surface area (Å²) >= 11 is 3.47. The van der Waals surface area contributed by atoms with Crippen molar-refractivity contribution in [3.8, 4) is 11.6 Å². The van der Waals surface area contributed by atoms with Gasteiger partial charge in [-0.1, -0.05) is 28.1 Å². The van der Waals surface area contributed by atoms with Crippen LogP contribution in [-0.4, -0.2) is 9.78 Å². The van der Waals surface area contributed by atoms with E-state index in [1.54, 1.807) is 4.68 Å². The van der Waals surface area contributed by atoms with Crippen LogP contribution in [0.5, 0.6) is 11.6 Å². The van der Waals surface area contributed by atoms with Crippen LogP contribution in [-0.2, 0) is 7.05 Å². The van der Waals surface area contributed by atoms with E-state index in [1.807, 2.05) is 44.3 Å². The summed E-state index contributed by atoms with van der Waals surface area (Å²) in [4.78, 5) is 0. The van der Waals surface area contributed by atoms with Crippen LogP contribution >= 0.6 is 15.9 Å². The van der Waals surface area contributed by atoms with E-state index in [2.05, 4.69) is 27.1 Å². The Bertz CT molecular complexity index is 795. The van der Waals surface area contributed by atoms with E-state index in [9.17, 15) is 0 Å². The van der Waals surface area contributed by atoms with Crippen molar-refractivity contribution in [1.29, 1.82) is 0 Å². The van der Waals surface area contributed by atoms with Crippen molar-refractivity contribution in [3.63, 3.8) is 0 Å². The van der Waals surface area contributed by atoms with Gasteiger partial charge < -0.3 is 10.5 Å². The summed E-state index contributed by atoms with van der Waals surface area (Å²) in [5.74, 6) is 1.31. The fourth-order valence-electron chi connectivity index (χ4n) is 2.14. The number of ether oxygens (including phenoxy) is 1. The standard InChI is InChI=1S/C15H14BrN3O/c1-9-14(17)15(19(2)18-9)20-13-6-4-10-7-12(16)5-3-11(10)8-13/h3-8H,17H2,1-2H3. The number of benzene rings is 2. The van der Waals surface area contributed by atoms with Gasteiger partial charge in [0.1, 0.15) is 11.4 Å². The second kappa shape index (κ2) is 4.83. The molecule has 2 N–H and O–H groups in total. The molecular weight excluding hydrogens is 318 g/mol. The summed E-state index contributed by atoms with van der Waals surface area (Å²) in [6, 6.07) is 12.1. The van der Waals surface area contributed by atoms with E-state index < -0.39 is 0 Å². The molecule has 0 atom stereocenters. The smallest absolute Gasteiger partial charge is 0.241 e. The zero-order valence-electron chi connectivity index (χ0n) is 11.2. The summed E-state index contributed by atoms with van der Waals surface area (Å²) in [7, 11) is 1.82. The fraction of sp³-hybridized carbons (Fsp3) is 0.133. The monoisotopic (exact) mass is 331 g/mol. The second-order valence-corrected chi connectivity index (χ2v) is 5.60. The average molecular weight is 332 g/mol. The molecule has 102 valence electrons. The molecule has 0 bridgehead atoms. The highest BCUT2D eigenvalue weighted by Crippen LogP contribution is 2.31. The molecule has 0 aliphatic heterocycles. The summed E-state index contributed by atoms with van der Waals surface area (Å²) in [6.07, 6.45) is 0. The zero-order valence-corrected chi connectivity index (χ0v) is 12.8. The minimum atomic E-state index is 0.568. The van der Waals surface area contributed by atoms with Crippen molar-refractivity contribution in [2.24, 2.45) is 7.05 Å². The van der Waals surface area contributed by atoms with Gasteiger partial charge in [0.05, 0.1) is 5.69 Å². The molecule has 1 aromatic heterocycles. The van der Waals surface area contributed by atoms with Gasteiger partial charge in [0.15, 0.2) is 0 Å². The lowest BCUT2D eigenvalue weighted by atomic mass is 10.1. The van der Waals surface area contributed by atoms with Crippen LogP contribution in [0.2, 0.25) is 0 Å². The molecule has 0 saturated carbocycles. The van der Waals surface area contributed by atoms with Gasteiger partial charge in [0.25, 0.3) is 0 Å². The van der Waals surface area contributed by atoms with Crippen LogP contribution in [0.25, 0.3) is 10.8 Å². The maximum atomic E-state index is 5.97. The van der Waals surface area contributed by atoms with Crippen LogP contribution in [0, 0.1) is 6.92 Å². The molecule has 2 aromatic carbocycles. The summed E-state index contributed by atoms with van der Waals surface area (Å²) in [5.41, 5.74) is 7.31. The highest BCUT2D eigenvalue weighted by Gasteiger charge is 2.12. The first-order valence-corrected chi connectivity index (χ1v) is 7.00. The van der Waals surface area contributed by atoms with Gasteiger partial charge in [-0.3, -0.25) is 0 Å². The van der Waals surface area contributed by atoms with Gasteiger partial charge in [-0.15, -0.1) is 0 Å². The minimum Gasteiger partial charge on any atom is -0.437 e.